The van der Waals surface area contributed by atoms with Crippen molar-refractivity contribution in [1.82, 2.24) is 5.32 Å². The van der Waals surface area contributed by atoms with E-state index in [0.29, 0.717) is 6.54 Å². The summed E-state index contributed by atoms with van der Waals surface area (Å²) in [5, 5.41) is 11.6. The van der Waals surface area contributed by atoms with Gasteiger partial charge in [0.2, 0.25) is 0 Å². The van der Waals surface area contributed by atoms with Crippen LogP contribution >= 0.6 is 22.6 Å². The molecule has 1 aliphatic carbocycles. The van der Waals surface area contributed by atoms with Crippen molar-refractivity contribution in [3.8, 4) is 0 Å². The highest BCUT2D eigenvalue weighted by Crippen LogP contribution is 2.38. The number of carbonyl (C=O) groups is 2. The van der Waals surface area contributed by atoms with Crippen molar-refractivity contribution in [2.24, 2.45) is 5.41 Å². The van der Waals surface area contributed by atoms with Crippen LogP contribution in [0.5, 0.6) is 0 Å². The molecule has 0 aromatic rings. The Kier molecular flexibility index (Phi) is 4.82. The monoisotopic (exact) mass is 325 g/mol. The number of carbonyl (C=O) groups excluding carboxylic acids is 1. The maximum Gasteiger partial charge on any atom is 0.303 e. The van der Waals surface area contributed by atoms with E-state index in [-0.39, 0.29) is 15.7 Å². The van der Waals surface area contributed by atoms with E-state index < -0.39 is 5.97 Å². The van der Waals surface area contributed by atoms with Gasteiger partial charge in [0.25, 0.3) is 3.91 Å². The number of rotatable bonds is 4. The molecule has 1 saturated carbocycles. The van der Waals surface area contributed by atoms with Crippen LogP contribution in [0.25, 0.3) is 0 Å². The van der Waals surface area contributed by atoms with Crippen molar-refractivity contribution >= 4 is 32.5 Å². The average molecular weight is 325 g/mol. The molecule has 0 aliphatic heterocycles. The number of carboxylic acid groups (broad SMARTS) is 1. The number of nitrogens with one attached hydrogen (secondary N) is 1. The number of amides is 1. The van der Waals surface area contributed by atoms with Gasteiger partial charge in [0, 0.05) is 29.1 Å². The van der Waals surface area contributed by atoms with Crippen LogP contribution in [0.4, 0.5) is 4.79 Å². The van der Waals surface area contributed by atoms with Crippen LogP contribution < -0.4 is 5.32 Å². The van der Waals surface area contributed by atoms with Crippen molar-refractivity contribution in [2.75, 3.05) is 6.54 Å². The molecule has 1 fully saturated rings. The minimum absolute atomic E-state index is 0.108. The summed E-state index contributed by atoms with van der Waals surface area (Å²) in [4.78, 5) is 21.6. The fourth-order valence-corrected chi connectivity index (χ4v) is 2.49. The second-order valence-corrected chi connectivity index (χ2v) is 5.24. The maximum absolute atomic E-state index is 10.8. The van der Waals surface area contributed by atoms with Crippen LogP contribution in [-0.4, -0.2) is 21.5 Å². The highest BCUT2D eigenvalue weighted by atomic mass is 127. The van der Waals surface area contributed by atoms with Gasteiger partial charge in [-0.15, -0.1) is 0 Å². The van der Waals surface area contributed by atoms with E-state index in [0.717, 1.165) is 25.7 Å². The Hall–Kier alpha value is -0.330. The Labute approximate surface area is 103 Å². The molecule has 0 aromatic heterocycles. The van der Waals surface area contributed by atoms with Crippen molar-refractivity contribution in [2.45, 2.75) is 38.5 Å². The number of hydrogen-bond acceptors (Lipinski definition) is 2. The van der Waals surface area contributed by atoms with Crippen LogP contribution in [-0.2, 0) is 4.79 Å². The third kappa shape index (κ3) is 4.36. The lowest BCUT2D eigenvalue weighted by Gasteiger charge is -2.35. The maximum atomic E-state index is 10.8. The summed E-state index contributed by atoms with van der Waals surface area (Å²) in [7, 11) is 0. The van der Waals surface area contributed by atoms with Crippen LogP contribution in [0.2, 0.25) is 0 Å². The molecule has 86 valence electrons. The largest absolute Gasteiger partial charge is 0.481 e. The molecule has 0 saturated heterocycles. The summed E-state index contributed by atoms with van der Waals surface area (Å²) >= 11 is 1.68. The van der Waals surface area contributed by atoms with Gasteiger partial charge in [-0.1, -0.05) is 19.3 Å². The third-order valence-corrected chi connectivity index (χ3v) is 3.42. The van der Waals surface area contributed by atoms with E-state index in [1.165, 1.54) is 6.42 Å². The topological polar surface area (TPSA) is 66.4 Å². The molecular weight excluding hydrogens is 309 g/mol. The van der Waals surface area contributed by atoms with Crippen LogP contribution in [0.1, 0.15) is 38.5 Å². The van der Waals surface area contributed by atoms with Gasteiger partial charge >= 0.3 is 5.97 Å². The molecule has 0 radical (unpaired) electrons. The Balaban J connectivity index is 2.57. The second kappa shape index (κ2) is 5.67. The standard InChI is InChI=1S/C10H16INO3/c11-9(15)12-7-10(6-8(13)14)4-2-1-3-5-10/h1-7H2,(H,12,15)(H,13,14). The zero-order valence-corrected chi connectivity index (χ0v) is 10.7. The fraction of sp³-hybridized carbons (Fsp3) is 0.800. The molecule has 1 rings (SSSR count). The fourth-order valence-electron chi connectivity index (χ4n) is 2.30. The first-order valence-corrected chi connectivity index (χ1v) is 6.27. The van der Waals surface area contributed by atoms with Crippen molar-refractivity contribution in [1.29, 1.82) is 0 Å². The van der Waals surface area contributed by atoms with Gasteiger partial charge in [0.1, 0.15) is 0 Å². The number of hydrogen-bond donors (Lipinski definition) is 2. The van der Waals surface area contributed by atoms with Crippen molar-refractivity contribution in [3.05, 3.63) is 0 Å². The number of carboxylic acids is 1. The SMILES string of the molecule is O=C(O)CC1(CNC(=O)I)CCCCC1. The predicted octanol–water partition coefficient (Wildman–Crippen LogP) is 2.56. The number of halogens is 1. The lowest BCUT2D eigenvalue weighted by atomic mass is 9.72. The van der Waals surface area contributed by atoms with Crippen LogP contribution in [0.3, 0.4) is 0 Å². The molecule has 2 N–H and O–H groups in total. The molecular formula is C10H16INO3. The Morgan fingerprint density at radius 2 is 1.87 bits per heavy atom. The smallest absolute Gasteiger partial charge is 0.303 e. The van der Waals surface area contributed by atoms with E-state index >= 15 is 0 Å². The van der Waals surface area contributed by atoms with Gasteiger partial charge in [0.15, 0.2) is 0 Å². The molecule has 0 bridgehead atoms. The first kappa shape index (κ1) is 12.7. The Morgan fingerprint density at radius 3 is 2.33 bits per heavy atom. The van der Waals surface area contributed by atoms with Gasteiger partial charge < -0.3 is 10.4 Å². The molecule has 1 aliphatic rings. The lowest BCUT2D eigenvalue weighted by molar-refractivity contribution is -0.140. The minimum Gasteiger partial charge on any atom is -0.481 e. The molecule has 15 heavy (non-hydrogen) atoms. The normalized spacial score (nSPS) is 19.5. The summed E-state index contributed by atoms with van der Waals surface area (Å²) in [5.41, 5.74) is -0.203. The average Bonchev–Trinajstić information content (AvgIpc) is 2.15. The van der Waals surface area contributed by atoms with Crippen molar-refractivity contribution in [3.63, 3.8) is 0 Å². The van der Waals surface area contributed by atoms with E-state index in [4.69, 9.17) is 5.11 Å². The molecule has 0 spiro atoms. The second-order valence-electron chi connectivity index (χ2n) is 4.26. The van der Waals surface area contributed by atoms with E-state index in [9.17, 15) is 9.59 Å². The number of aliphatic carboxylic acids is 1. The van der Waals surface area contributed by atoms with Gasteiger partial charge in [-0.05, 0) is 18.3 Å². The Morgan fingerprint density at radius 1 is 1.27 bits per heavy atom. The predicted molar refractivity (Wildman–Crippen MR) is 65.2 cm³/mol. The summed E-state index contributed by atoms with van der Waals surface area (Å²) in [6.45, 7) is 0.501. The zero-order chi connectivity index (χ0) is 11.3. The molecule has 5 heteroatoms. The van der Waals surface area contributed by atoms with E-state index in [1.54, 1.807) is 22.6 Å². The van der Waals surface area contributed by atoms with Crippen LogP contribution in [0.15, 0.2) is 0 Å². The summed E-state index contributed by atoms with van der Waals surface area (Å²) in [5.74, 6) is -0.764. The Bertz CT molecular complexity index is 249. The molecule has 0 aromatic carbocycles. The summed E-state index contributed by atoms with van der Waals surface area (Å²) in [6, 6.07) is 0. The van der Waals surface area contributed by atoms with Gasteiger partial charge in [-0.25, -0.2) is 0 Å². The van der Waals surface area contributed by atoms with Gasteiger partial charge in [-0.2, -0.15) is 0 Å². The van der Waals surface area contributed by atoms with Gasteiger partial charge in [0.05, 0.1) is 6.42 Å². The van der Waals surface area contributed by atoms with E-state index in [1.807, 2.05) is 0 Å². The lowest BCUT2D eigenvalue weighted by Crippen LogP contribution is -2.38. The first-order valence-electron chi connectivity index (χ1n) is 5.19. The summed E-state index contributed by atoms with van der Waals surface area (Å²) < 4.78 is -0.108. The highest BCUT2D eigenvalue weighted by Gasteiger charge is 2.34. The van der Waals surface area contributed by atoms with Crippen molar-refractivity contribution < 1.29 is 14.7 Å². The van der Waals surface area contributed by atoms with Crippen LogP contribution in [0, 0.1) is 5.41 Å². The molecule has 0 atom stereocenters. The van der Waals surface area contributed by atoms with Gasteiger partial charge in [-0.3, -0.25) is 9.59 Å². The molecule has 0 heterocycles. The zero-order valence-electron chi connectivity index (χ0n) is 8.59. The summed E-state index contributed by atoms with van der Waals surface area (Å²) in [6.07, 6.45) is 5.32. The van der Waals surface area contributed by atoms with E-state index in [2.05, 4.69) is 5.32 Å². The molecule has 4 nitrogen and oxygen atoms in total. The highest BCUT2D eigenvalue weighted by molar-refractivity contribution is 14.1. The molecule has 1 amide bonds. The quantitative estimate of drug-likeness (QED) is 0.474. The molecule has 0 unspecified atom stereocenters. The minimum atomic E-state index is -0.764. The third-order valence-electron chi connectivity index (χ3n) is 3.04. The first-order chi connectivity index (χ1) is 7.04.